The van der Waals surface area contributed by atoms with Crippen molar-refractivity contribution >= 4 is 0 Å². The van der Waals surface area contributed by atoms with Crippen LogP contribution in [-0.4, -0.2) is 69.5 Å². The van der Waals surface area contributed by atoms with Gasteiger partial charge in [-0.3, -0.25) is 4.90 Å². The van der Waals surface area contributed by atoms with Crippen LogP contribution in [0.5, 0.6) is 0 Å². The predicted molar refractivity (Wildman–Crippen MR) is 69.1 cm³/mol. The van der Waals surface area contributed by atoms with Gasteiger partial charge in [-0.15, -0.1) is 0 Å². The lowest BCUT2D eigenvalue weighted by Crippen LogP contribution is -2.41. The third-order valence-corrected chi connectivity index (χ3v) is 3.71. The molecule has 1 N–H and O–H groups in total. The van der Waals surface area contributed by atoms with Gasteiger partial charge in [-0.05, 0) is 40.0 Å². The van der Waals surface area contributed by atoms with Gasteiger partial charge in [0.2, 0.25) is 0 Å². The summed E-state index contributed by atoms with van der Waals surface area (Å²) >= 11 is 0. The van der Waals surface area contributed by atoms with Gasteiger partial charge in [0.1, 0.15) is 12.2 Å². The largest absolute Gasteiger partial charge is 0.394 e. The number of aliphatic hydroxyl groups excluding tert-OH is 1. The number of hydrogen-bond donors (Lipinski definition) is 1. The lowest BCUT2D eigenvalue weighted by Gasteiger charge is -2.34. The molecule has 1 fully saturated rings. The van der Waals surface area contributed by atoms with E-state index in [1.807, 2.05) is 0 Å². The van der Waals surface area contributed by atoms with E-state index in [2.05, 4.69) is 34.0 Å². The zero-order valence-electron chi connectivity index (χ0n) is 11.3. The molecule has 0 unspecified atom stereocenters. The van der Waals surface area contributed by atoms with Crippen molar-refractivity contribution in [2.45, 2.75) is 32.0 Å². The summed E-state index contributed by atoms with van der Waals surface area (Å²) in [5.74, 6) is 0.936. The highest BCUT2D eigenvalue weighted by atomic mass is 16.3. The Hall–Kier alpha value is -0.980. The number of nitrogens with zero attached hydrogens (tertiary/aromatic N) is 5. The van der Waals surface area contributed by atoms with Crippen molar-refractivity contribution in [3.05, 3.63) is 12.2 Å². The molecule has 102 valence electrons. The fourth-order valence-corrected chi connectivity index (χ4v) is 2.48. The van der Waals surface area contributed by atoms with Crippen LogP contribution in [0.4, 0.5) is 0 Å². The van der Waals surface area contributed by atoms with Crippen LogP contribution in [-0.2, 0) is 13.1 Å². The number of piperidine rings is 1. The second-order valence-electron chi connectivity index (χ2n) is 5.07. The molecule has 0 aliphatic carbocycles. The smallest absolute Gasteiger partial charge is 0.141 e. The molecule has 18 heavy (non-hydrogen) atoms. The molecule has 1 aromatic heterocycles. The van der Waals surface area contributed by atoms with Crippen molar-refractivity contribution in [3.63, 3.8) is 0 Å². The van der Waals surface area contributed by atoms with Crippen LogP contribution < -0.4 is 0 Å². The van der Waals surface area contributed by atoms with E-state index in [0.717, 1.165) is 12.4 Å². The topological polar surface area (TPSA) is 57.4 Å². The molecule has 1 saturated heterocycles. The summed E-state index contributed by atoms with van der Waals surface area (Å²) < 4.78 is 1.78. The van der Waals surface area contributed by atoms with Crippen molar-refractivity contribution in [1.82, 2.24) is 24.6 Å². The van der Waals surface area contributed by atoms with Crippen LogP contribution in [0.15, 0.2) is 6.33 Å². The van der Waals surface area contributed by atoms with E-state index in [1.54, 1.807) is 11.0 Å². The molecule has 2 heterocycles. The van der Waals surface area contributed by atoms with E-state index >= 15 is 0 Å². The minimum atomic E-state index is 0.105. The molecule has 6 nitrogen and oxygen atoms in total. The van der Waals surface area contributed by atoms with Gasteiger partial charge in [0, 0.05) is 6.04 Å². The lowest BCUT2D eigenvalue weighted by molar-refractivity contribution is 0.135. The summed E-state index contributed by atoms with van der Waals surface area (Å²) in [6.45, 7) is 3.76. The molecule has 0 aromatic carbocycles. The highest BCUT2D eigenvalue weighted by molar-refractivity contribution is 4.87. The molecule has 2 rings (SSSR count). The van der Waals surface area contributed by atoms with Gasteiger partial charge in [0.05, 0.1) is 19.7 Å². The molecule has 1 aliphatic heterocycles. The van der Waals surface area contributed by atoms with E-state index in [9.17, 15) is 0 Å². The van der Waals surface area contributed by atoms with Gasteiger partial charge in [-0.2, -0.15) is 5.10 Å². The highest BCUT2D eigenvalue weighted by Gasteiger charge is 2.21. The zero-order valence-corrected chi connectivity index (χ0v) is 11.3. The van der Waals surface area contributed by atoms with Crippen molar-refractivity contribution in [2.24, 2.45) is 0 Å². The number of aliphatic hydroxyl groups is 1. The molecular formula is C12H23N5O. The Kier molecular flexibility index (Phi) is 4.68. The van der Waals surface area contributed by atoms with Crippen LogP contribution in [0.25, 0.3) is 0 Å². The first-order valence-electron chi connectivity index (χ1n) is 6.57. The predicted octanol–water partition coefficient (Wildman–Crippen LogP) is -0.204. The Bertz CT molecular complexity index is 359. The third kappa shape index (κ3) is 3.28. The molecule has 6 heteroatoms. The average Bonchev–Trinajstić information content (AvgIpc) is 2.78. The van der Waals surface area contributed by atoms with Crippen LogP contribution in [0, 0.1) is 0 Å². The Balaban J connectivity index is 1.90. The monoisotopic (exact) mass is 253 g/mol. The number of aromatic nitrogens is 3. The van der Waals surface area contributed by atoms with Gasteiger partial charge >= 0.3 is 0 Å². The molecule has 1 aromatic rings. The minimum Gasteiger partial charge on any atom is -0.394 e. The van der Waals surface area contributed by atoms with E-state index < -0.39 is 0 Å². The van der Waals surface area contributed by atoms with Crippen LogP contribution in [0.1, 0.15) is 18.7 Å². The van der Waals surface area contributed by atoms with Crippen LogP contribution in [0.2, 0.25) is 0 Å². The Labute approximate surface area is 108 Å². The summed E-state index contributed by atoms with van der Waals surface area (Å²) in [4.78, 5) is 9.00. The second-order valence-corrected chi connectivity index (χ2v) is 5.07. The minimum absolute atomic E-state index is 0.105. The van der Waals surface area contributed by atoms with E-state index in [0.29, 0.717) is 12.6 Å². The first-order chi connectivity index (χ1) is 8.70. The summed E-state index contributed by atoms with van der Waals surface area (Å²) in [5, 5.41) is 13.1. The van der Waals surface area contributed by atoms with Gasteiger partial charge in [-0.25, -0.2) is 9.67 Å². The van der Waals surface area contributed by atoms with Crippen molar-refractivity contribution in [3.8, 4) is 0 Å². The summed E-state index contributed by atoms with van der Waals surface area (Å²) in [6, 6.07) is 0.625. The van der Waals surface area contributed by atoms with Crippen LogP contribution in [0.3, 0.4) is 0 Å². The molecule has 0 atom stereocenters. The van der Waals surface area contributed by atoms with Crippen molar-refractivity contribution < 1.29 is 5.11 Å². The number of rotatable bonds is 5. The Morgan fingerprint density at radius 2 is 2.17 bits per heavy atom. The maximum atomic E-state index is 8.97. The molecule has 0 bridgehead atoms. The second kappa shape index (κ2) is 6.26. The molecule has 0 saturated carbocycles. The number of hydrogen-bond acceptors (Lipinski definition) is 5. The summed E-state index contributed by atoms with van der Waals surface area (Å²) in [5.41, 5.74) is 0. The number of likely N-dealkylation sites (tertiary alicyclic amines) is 1. The quantitative estimate of drug-likeness (QED) is 0.787. The van der Waals surface area contributed by atoms with Gasteiger partial charge in [-0.1, -0.05) is 0 Å². The first-order valence-corrected chi connectivity index (χ1v) is 6.57. The lowest BCUT2D eigenvalue weighted by atomic mass is 10.0. The van der Waals surface area contributed by atoms with E-state index in [4.69, 9.17) is 5.11 Å². The molecular weight excluding hydrogens is 230 g/mol. The standard InChI is InChI=1S/C12H23N5O/c1-15-5-3-11(4-6-15)16(2)9-12-13-10-14-17(12)7-8-18/h10-11,18H,3-9H2,1-2H3. The van der Waals surface area contributed by atoms with Crippen LogP contribution >= 0.6 is 0 Å². The average molecular weight is 253 g/mol. The maximum absolute atomic E-state index is 8.97. The Morgan fingerprint density at radius 3 is 2.83 bits per heavy atom. The summed E-state index contributed by atoms with van der Waals surface area (Å²) in [7, 11) is 4.32. The van der Waals surface area contributed by atoms with E-state index in [1.165, 1.54) is 25.9 Å². The summed E-state index contributed by atoms with van der Waals surface area (Å²) in [6.07, 6.45) is 3.98. The van der Waals surface area contributed by atoms with E-state index in [-0.39, 0.29) is 6.61 Å². The SMILES string of the molecule is CN1CCC(N(C)Cc2ncnn2CCO)CC1. The first kappa shape index (κ1) is 13.5. The van der Waals surface area contributed by atoms with Gasteiger partial charge in [0.15, 0.2) is 0 Å². The molecule has 0 spiro atoms. The molecule has 1 aliphatic rings. The van der Waals surface area contributed by atoms with Gasteiger partial charge in [0.25, 0.3) is 0 Å². The normalized spacial score (nSPS) is 18.7. The van der Waals surface area contributed by atoms with Crippen molar-refractivity contribution in [1.29, 1.82) is 0 Å². The maximum Gasteiger partial charge on any atom is 0.141 e. The van der Waals surface area contributed by atoms with Gasteiger partial charge < -0.3 is 10.0 Å². The Morgan fingerprint density at radius 1 is 1.44 bits per heavy atom. The van der Waals surface area contributed by atoms with Crippen molar-refractivity contribution in [2.75, 3.05) is 33.8 Å². The molecule has 0 amide bonds. The fourth-order valence-electron chi connectivity index (χ4n) is 2.48. The zero-order chi connectivity index (χ0) is 13.0. The molecule has 0 radical (unpaired) electrons. The fraction of sp³-hybridized carbons (Fsp3) is 0.833. The highest BCUT2D eigenvalue weighted by Crippen LogP contribution is 2.15. The third-order valence-electron chi connectivity index (χ3n) is 3.71.